The molecule has 0 unspecified atom stereocenters. The Morgan fingerprint density at radius 3 is 2.48 bits per heavy atom. The topological polar surface area (TPSA) is 56.8 Å². The number of nitrogens with zero attached hydrogens (tertiary/aromatic N) is 2. The predicted octanol–water partition coefficient (Wildman–Crippen LogP) is 3.17. The Morgan fingerprint density at radius 1 is 1.03 bits per heavy atom. The summed E-state index contributed by atoms with van der Waals surface area (Å²) in [5.74, 6) is 0.836. The molecule has 33 heavy (non-hydrogen) atoms. The van der Waals surface area contributed by atoms with Gasteiger partial charge in [-0.2, -0.15) is 0 Å². The van der Waals surface area contributed by atoms with Crippen molar-refractivity contribution >= 4 is 5.91 Å². The summed E-state index contributed by atoms with van der Waals surface area (Å²) in [7, 11) is 1.93. The molecular weight excluding hydrogens is 412 g/mol. The average molecular weight is 453 g/mol. The van der Waals surface area contributed by atoms with Crippen molar-refractivity contribution < 1.29 is 9.53 Å². The van der Waals surface area contributed by atoms with Crippen LogP contribution in [0.4, 0.5) is 0 Å². The largest absolute Gasteiger partial charge is 0.494 e. The summed E-state index contributed by atoms with van der Waals surface area (Å²) in [5.41, 5.74) is 2.93. The molecule has 2 aromatic rings. The van der Waals surface area contributed by atoms with Gasteiger partial charge in [-0.15, -0.1) is 0 Å². The normalized spacial score (nSPS) is 15.0. The zero-order valence-corrected chi connectivity index (χ0v) is 20.5. The molecule has 0 spiro atoms. The summed E-state index contributed by atoms with van der Waals surface area (Å²) in [6.07, 6.45) is 1.95. The number of benzene rings is 2. The van der Waals surface area contributed by atoms with Crippen LogP contribution in [0.25, 0.3) is 0 Å². The molecule has 1 amide bonds. The van der Waals surface area contributed by atoms with E-state index in [0.717, 1.165) is 75.6 Å². The number of amides is 1. The molecule has 6 nitrogen and oxygen atoms in total. The maximum atomic E-state index is 12.5. The summed E-state index contributed by atoms with van der Waals surface area (Å²) in [6, 6.07) is 16.5. The van der Waals surface area contributed by atoms with Gasteiger partial charge in [0.05, 0.1) is 6.61 Å². The summed E-state index contributed by atoms with van der Waals surface area (Å²) < 4.78 is 5.92. The monoisotopic (exact) mass is 452 g/mol. The van der Waals surface area contributed by atoms with Crippen LogP contribution in [-0.2, 0) is 13.0 Å². The second kappa shape index (κ2) is 13.3. The minimum atomic E-state index is -0.0455. The lowest BCUT2D eigenvalue weighted by molar-refractivity contribution is 0.0951. The predicted molar refractivity (Wildman–Crippen MR) is 135 cm³/mol. The van der Waals surface area contributed by atoms with E-state index in [1.54, 1.807) is 0 Å². The van der Waals surface area contributed by atoms with Crippen LogP contribution >= 0.6 is 0 Å². The molecule has 0 bridgehead atoms. The summed E-state index contributed by atoms with van der Waals surface area (Å²) in [4.78, 5) is 17.6. The first-order valence-electron chi connectivity index (χ1n) is 12.2. The van der Waals surface area contributed by atoms with Crippen LogP contribution in [0, 0.1) is 0 Å². The fourth-order valence-corrected chi connectivity index (χ4v) is 4.11. The third kappa shape index (κ3) is 8.46. The first-order chi connectivity index (χ1) is 16.0. The van der Waals surface area contributed by atoms with Crippen LogP contribution in [0.15, 0.2) is 48.5 Å². The molecule has 0 radical (unpaired) electrons. The van der Waals surface area contributed by atoms with Crippen molar-refractivity contribution in [2.75, 3.05) is 52.9 Å². The molecule has 0 aliphatic carbocycles. The molecule has 1 saturated heterocycles. The summed E-state index contributed by atoms with van der Waals surface area (Å²) >= 11 is 0. The Hall–Kier alpha value is -2.41. The van der Waals surface area contributed by atoms with Crippen LogP contribution in [0.2, 0.25) is 0 Å². The molecule has 2 aromatic carbocycles. The number of carbonyl (C=O) groups excluding carboxylic acids is 1. The number of piperazine rings is 1. The molecule has 1 aliphatic rings. The van der Waals surface area contributed by atoms with E-state index in [1.165, 1.54) is 0 Å². The third-order valence-electron chi connectivity index (χ3n) is 6.25. The Morgan fingerprint density at radius 2 is 1.79 bits per heavy atom. The number of hydrogen-bond donors (Lipinski definition) is 2. The number of carbonyl (C=O) groups is 1. The summed E-state index contributed by atoms with van der Waals surface area (Å²) in [5, 5.41) is 6.15. The van der Waals surface area contributed by atoms with Crippen LogP contribution < -0.4 is 15.4 Å². The molecule has 0 aromatic heterocycles. The standard InChI is InChI=1S/C27H40N4O2/c1-22(2)31-17-15-30(16-18-31)14-5-19-33-26-10-8-24(9-11-26)21-29-27(32)25-7-4-6-23(20-25)12-13-28-3/h4,6-11,20,22,28H,5,12-19,21H2,1-3H3,(H,29,32). The van der Waals surface area contributed by atoms with Crippen molar-refractivity contribution in [2.24, 2.45) is 0 Å². The van der Waals surface area contributed by atoms with E-state index < -0.39 is 0 Å². The Balaban J connectivity index is 1.34. The quantitative estimate of drug-likeness (QED) is 0.485. The van der Waals surface area contributed by atoms with Gasteiger partial charge in [0.25, 0.3) is 5.91 Å². The van der Waals surface area contributed by atoms with Crippen molar-refractivity contribution in [3.63, 3.8) is 0 Å². The SMILES string of the molecule is CNCCc1cccc(C(=O)NCc2ccc(OCCCN3CCN(C(C)C)CC3)cc2)c1. The second-order valence-electron chi connectivity index (χ2n) is 9.05. The highest BCUT2D eigenvalue weighted by Gasteiger charge is 2.18. The van der Waals surface area contributed by atoms with Gasteiger partial charge in [-0.3, -0.25) is 9.69 Å². The highest BCUT2D eigenvalue weighted by atomic mass is 16.5. The van der Waals surface area contributed by atoms with Gasteiger partial charge in [0.1, 0.15) is 5.75 Å². The lowest BCUT2D eigenvalue weighted by Crippen LogP contribution is -2.49. The van der Waals surface area contributed by atoms with Crippen LogP contribution in [-0.4, -0.2) is 74.7 Å². The Labute approximate surface area is 199 Å². The highest BCUT2D eigenvalue weighted by molar-refractivity contribution is 5.94. The van der Waals surface area contributed by atoms with Crippen molar-refractivity contribution in [2.45, 2.75) is 39.3 Å². The first kappa shape index (κ1) is 25.2. The molecule has 0 saturated carbocycles. The number of ether oxygens (including phenoxy) is 1. The van der Waals surface area contributed by atoms with E-state index in [9.17, 15) is 4.79 Å². The third-order valence-corrected chi connectivity index (χ3v) is 6.25. The van der Waals surface area contributed by atoms with Gasteiger partial charge in [0, 0.05) is 50.9 Å². The zero-order valence-electron chi connectivity index (χ0n) is 20.5. The zero-order chi connectivity index (χ0) is 23.5. The van der Waals surface area contributed by atoms with Gasteiger partial charge in [-0.05, 0) is 75.7 Å². The number of nitrogens with one attached hydrogen (secondary N) is 2. The van der Waals surface area contributed by atoms with Crippen LogP contribution in [0.5, 0.6) is 5.75 Å². The fraction of sp³-hybridized carbons (Fsp3) is 0.519. The molecule has 6 heteroatoms. The maximum absolute atomic E-state index is 12.5. The minimum Gasteiger partial charge on any atom is -0.494 e. The molecule has 1 aliphatic heterocycles. The Kier molecular flexibility index (Phi) is 10.2. The van der Waals surface area contributed by atoms with E-state index in [1.807, 2.05) is 49.5 Å². The maximum Gasteiger partial charge on any atom is 0.251 e. The molecule has 2 N–H and O–H groups in total. The van der Waals surface area contributed by atoms with Crippen molar-refractivity contribution in [3.05, 3.63) is 65.2 Å². The molecule has 0 atom stereocenters. The van der Waals surface area contributed by atoms with Crippen molar-refractivity contribution in [1.82, 2.24) is 20.4 Å². The minimum absolute atomic E-state index is 0.0455. The van der Waals surface area contributed by atoms with Gasteiger partial charge in [0.2, 0.25) is 0 Å². The number of hydrogen-bond acceptors (Lipinski definition) is 5. The first-order valence-corrected chi connectivity index (χ1v) is 12.2. The van der Waals surface area contributed by atoms with Gasteiger partial charge >= 0.3 is 0 Å². The fourth-order valence-electron chi connectivity index (χ4n) is 4.11. The molecular formula is C27H40N4O2. The summed E-state index contributed by atoms with van der Waals surface area (Å²) in [6.45, 7) is 12.4. The smallest absolute Gasteiger partial charge is 0.251 e. The van der Waals surface area contributed by atoms with Crippen molar-refractivity contribution in [1.29, 1.82) is 0 Å². The second-order valence-corrected chi connectivity index (χ2v) is 9.05. The average Bonchev–Trinajstić information content (AvgIpc) is 2.85. The van der Waals surface area contributed by atoms with Gasteiger partial charge in [-0.1, -0.05) is 24.3 Å². The lowest BCUT2D eigenvalue weighted by atomic mass is 10.1. The van der Waals surface area contributed by atoms with E-state index >= 15 is 0 Å². The number of likely N-dealkylation sites (N-methyl/N-ethyl adjacent to an activating group) is 1. The van der Waals surface area contributed by atoms with E-state index in [0.29, 0.717) is 18.2 Å². The highest BCUT2D eigenvalue weighted by Crippen LogP contribution is 2.13. The van der Waals surface area contributed by atoms with E-state index in [4.69, 9.17) is 4.74 Å². The van der Waals surface area contributed by atoms with Crippen LogP contribution in [0.3, 0.4) is 0 Å². The Bertz CT molecular complexity index is 845. The van der Waals surface area contributed by atoms with Crippen molar-refractivity contribution in [3.8, 4) is 5.75 Å². The van der Waals surface area contributed by atoms with E-state index in [2.05, 4.69) is 40.3 Å². The van der Waals surface area contributed by atoms with Gasteiger partial charge in [0.15, 0.2) is 0 Å². The molecule has 1 fully saturated rings. The molecule has 180 valence electrons. The lowest BCUT2D eigenvalue weighted by Gasteiger charge is -2.36. The molecule has 3 rings (SSSR count). The number of rotatable bonds is 12. The van der Waals surface area contributed by atoms with Gasteiger partial charge in [-0.25, -0.2) is 0 Å². The van der Waals surface area contributed by atoms with Gasteiger partial charge < -0.3 is 20.3 Å². The van der Waals surface area contributed by atoms with Crippen LogP contribution in [0.1, 0.15) is 41.8 Å². The van der Waals surface area contributed by atoms with E-state index in [-0.39, 0.29) is 5.91 Å². The molecule has 1 heterocycles.